The van der Waals surface area contributed by atoms with E-state index in [1.165, 1.54) is 6.33 Å². The van der Waals surface area contributed by atoms with E-state index in [0.29, 0.717) is 13.2 Å². The molecule has 0 aliphatic carbocycles. The van der Waals surface area contributed by atoms with Crippen LogP contribution in [-0.2, 0) is 18.0 Å². The minimum Gasteiger partial charge on any atom is -0.370 e. The summed E-state index contributed by atoms with van der Waals surface area (Å²) < 4.78 is 5.56. The zero-order chi connectivity index (χ0) is 11.2. The third-order valence-electron chi connectivity index (χ3n) is 2.24. The highest BCUT2D eigenvalue weighted by molar-refractivity contribution is 5.13. The van der Waals surface area contributed by atoms with Gasteiger partial charge < -0.3 is 4.74 Å². The number of nitrogens with zero attached hydrogens (tertiary/aromatic N) is 3. The number of hydrogen-bond acceptors (Lipinski definition) is 4. The molecule has 0 atom stereocenters. The molecule has 0 saturated carbocycles. The van der Waals surface area contributed by atoms with E-state index >= 15 is 0 Å². The minimum atomic E-state index is 0.468. The fourth-order valence-corrected chi connectivity index (χ4v) is 1.34. The van der Waals surface area contributed by atoms with E-state index in [2.05, 4.69) is 15.2 Å². The van der Waals surface area contributed by atoms with Gasteiger partial charge in [0.05, 0.1) is 24.6 Å². The van der Waals surface area contributed by atoms with Gasteiger partial charge in [-0.2, -0.15) is 5.10 Å². The summed E-state index contributed by atoms with van der Waals surface area (Å²) in [5.74, 6) is 0. The zero-order valence-corrected chi connectivity index (χ0v) is 9.13. The van der Waals surface area contributed by atoms with E-state index in [9.17, 15) is 0 Å². The van der Waals surface area contributed by atoms with Crippen LogP contribution in [0.4, 0.5) is 0 Å². The molecule has 0 spiro atoms. The van der Waals surface area contributed by atoms with Gasteiger partial charge in [-0.3, -0.25) is 0 Å². The molecule has 0 fully saturated rings. The molecule has 0 bridgehead atoms. The molecule has 82 valence electrons. The normalized spacial score (nSPS) is 10.3. The van der Waals surface area contributed by atoms with E-state index in [0.717, 1.165) is 17.0 Å². The smallest absolute Gasteiger partial charge is 0.138 e. The molecule has 0 aliphatic rings. The Morgan fingerprint density at radius 2 is 1.94 bits per heavy atom. The van der Waals surface area contributed by atoms with E-state index in [-0.39, 0.29) is 0 Å². The van der Waals surface area contributed by atoms with Crippen molar-refractivity contribution >= 4 is 0 Å². The summed E-state index contributed by atoms with van der Waals surface area (Å²) in [4.78, 5) is 4.11. The van der Waals surface area contributed by atoms with Crippen molar-refractivity contribution in [3.63, 3.8) is 0 Å². The Kier molecular flexibility index (Phi) is 3.56. The summed E-state index contributed by atoms with van der Waals surface area (Å²) in [5, 5.41) is 7.61. The maximum atomic E-state index is 5.56. The Morgan fingerprint density at radius 1 is 1.12 bits per heavy atom. The van der Waals surface area contributed by atoms with Gasteiger partial charge in [-0.25, -0.2) is 4.98 Å². The highest BCUT2D eigenvalue weighted by atomic mass is 16.5. The molecule has 1 heterocycles. The number of ether oxygens (including phenoxy) is 1. The largest absolute Gasteiger partial charge is 0.370 e. The van der Waals surface area contributed by atoms with Gasteiger partial charge in [0.1, 0.15) is 6.33 Å². The molecular formula is C12H13N3O. The van der Waals surface area contributed by atoms with Crippen LogP contribution in [0, 0.1) is 6.92 Å². The van der Waals surface area contributed by atoms with Crippen LogP contribution >= 0.6 is 0 Å². The van der Waals surface area contributed by atoms with E-state index < -0.39 is 0 Å². The zero-order valence-electron chi connectivity index (χ0n) is 9.13. The molecule has 2 rings (SSSR count). The second kappa shape index (κ2) is 5.32. The molecule has 0 unspecified atom stereocenters. The number of aryl methyl sites for hydroxylation is 1. The van der Waals surface area contributed by atoms with Crippen molar-refractivity contribution in [2.45, 2.75) is 20.1 Å². The average molecular weight is 215 g/mol. The summed E-state index contributed by atoms with van der Waals surface area (Å²) in [6.45, 7) is 2.93. The average Bonchev–Trinajstić information content (AvgIpc) is 2.33. The Labute approximate surface area is 94.3 Å². The van der Waals surface area contributed by atoms with Crippen molar-refractivity contribution in [1.82, 2.24) is 15.2 Å². The highest BCUT2D eigenvalue weighted by Crippen LogP contribution is 2.05. The molecule has 4 heteroatoms. The molecule has 0 aliphatic heterocycles. The van der Waals surface area contributed by atoms with Crippen LogP contribution in [0.25, 0.3) is 0 Å². The molecule has 0 radical (unpaired) electrons. The lowest BCUT2D eigenvalue weighted by Gasteiger charge is -2.04. The molecule has 4 nitrogen and oxygen atoms in total. The fourth-order valence-electron chi connectivity index (χ4n) is 1.34. The molecule has 0 N–H and O–H groups in total. The summed E-state index contributed by atoms with van der Waals surface area (Å²) in [7, 11) is 0. The van der Waals surface area contributed by atoms with Gasteiger partial charge in [-0.1, -0.05) is 30.3 Å². The van der Waals surface area contributed by atoms with Crippen molar-refractivity contribution in [3.05, 3.63) is 53.6 Å². The lowest BCUT2D eigenvalue weighted by atomic mass is 10.2. The predicted octanol–water partition coefficient (Wildman–Crippen LogP) is 1.90. The third-order valence-corrected chi connectivity index (χ3v) is 2.24. The van der Waals surface area contributed by atoms with E-state index in [4.69, 9.17) is 4.74 Å². The molecule has 0 saturated heterocycles. The van der Waals surface area contributed by atoms with Gasteiger partial charge in [-0.15, -0.1) is 5.10 Å². The van der Waals surface area contributed by atoms with E-state index in [1.54, 1.807) is 0 Å². The van der Waals surface area contributed by atoms with E-state index in [1.807, 2.05) is 37.3 Å². The summed E-state index contributed by atoms with van der Waals surface area (Å²) in [6, 6.07) is 10.0. The first-order valence-corrected chi connectivity index (χ1v) is 5.11. The second-order valence-electron chi connectivity index (χ2n) is 3.47. The van der Waals surface area contributed by atoms with Crippen LogP contribution in [0.3, 0.4) is 0 Å². The second-order valence-corrected chi connectivity index (χ2v) is 3.47. The van der Waals surface area contributed by atoms with Crippen LogP contribution in [0.2, 0.25) is 0 Å². The number of aromatic nitrogens is 3. The van der Waals surface area contributed by atoms with Crippen LogP contribution in [0.5, 0.6) is 0 Å². The standard InChI is InChI=1S/C12H13N3O/c1-10-12(13-9-14-15-10)8-16-7-11-5-3-2-4-6-11/h2-6,9H,7-8H2,1H3. The summed E-state index contributed by atoms with van der Waals surface area (Å²) in [6.07, 6.45) is 1.44. The maximum Gasteiger partial charge on any atom is 0.138 e. The number of rotatable bonds is 4. The molecular weight excluding hydrogens is 202 g/mol. The third kappa shape index (κ3) is 2.84. The van der Waals surface area contributed by atoms with Gasteiger partial charge in [-0.05, 0) is 12.5 Å². The number of hydrogen-bond donors (Lipinski definition) is 0. The SMILES string of the molecule is Cc1nncnc1COCc1ccccc1. The van der Waals surface area contributed by atoms with Crippen LogP contribution < -0.4 is 0 Å². The van der Waals surface area contributed by atoms with Gasteiger partial charge >= 0.3 is 0 Å². The monoisotopic (exact) mass is 215 g/mol. The minimum absolute atomic E-state index is 0.468. The van der Waals surface area contributed by atoms with Gasteiger partial charge in [0.2, 0.25) is 0 Å². The van der Waals surface area contributed by atoms with Crippen molar-refractivity contribution in [3.8, 4) is 0 Å². The first-order valence-electron chi connectivity index (χ1n) is 5.11. The fraction of sp³-hybridized carbons (Fsp3) is 0.250. The lowest BCUT2D eigenvalue weighted by molar-refractivity contribution is 0.103. The quantitative estimate of drug-likeness (QED) is 0.781. The lowest BCUT2D eigenvalue weighted by Crippen LogP contribution is -2.01. The summed E-state index contributed by atoms with van der Waals surface area (Å²) >= 11 is 0. The van der Waals surface area contributed by atoms with Crippen LogP contribution in [-0.4, -0.2) is 15.2 Å². The summed E-state index contributed by atoms with van der Waals surface area (Å²) in [5.41, 5.74) is 2.81. The molecule has 16 heavy (non-hydrogen) atoms. The topological polar surface area (TPSA) is 47.9 Å². The van der Waals surface area contributed by atoms with Crippen molar-refractivity contribution in [2.24, 2.45) is 0 Å². The van der Waals surface area contributed by atoms with Crippen LogP contribution in [0.15, 0.2) is 36.7 Å². The first-order chi connectivity index (χ1) is 7.86. The Morgan fingerprint density at radius 3 is 2.69 bits per heavy atom. The molecule has 2 aromatic rings. The van der Waals surface area contributed by atoms with Gasteiger partial charge in [0, 0.05) is 0 Å². The molecule has 1 aromatic carbocycles. The van der Waals surface area contributed by atoms with Crippen LogP contribution in [0.1, 0.15) is 17.0 Å². The molecule has 0 amide bonds. The first kappa shape index (κ1) is 10.7. The van der Waals surface area contributed by atoms with Crippen molar-refractivity contribution in [1.29, 1.82) is 0 Å². The van der Waals surface area contributed by atoms with Crippen molar-refractivity contribution in [2.75, 3.05) is 0 Å². The van der Waals surface area contributed by atoms with Gasteiger partial charge in [0.25, 0.3) is 0 Å². The van der Waals surface area contributed by atoms with Crippen molar-refractivity contribution < 1.29 is 4.74 Å². The Balaban J connectivity index is 1.87. The Hall–Kier alpha value is -1.81. The van der Waals surface area contributed by atoms with Gasteiger partial charge in [0.15, 0.2) is 0 Å². The number of benzene rings is 1. The predicted molar refractivity (Wildman–Crippen MR) is 59.5 cm³/mol. The Bertz CT molecular complexity index is 445. The maximum absolute atomic E-state index is 5.56. The molecule has 1 aromatic heterocycles. The highest BCUT2D eigenvalue weighted by Gasteiger charge is 2.00.